The summed E-state index contributed by atoms with van der Waals surface area (Å²) in [6.07, 6.45) is 11.2. The fourth-order valence-corrected chi connectivity index (χ4v) is 20.5. The maximum Gasteiger partial charge on any atom is -1.00 e. The Kier molecular flexibility index (Phi) is 10.8. The Morgan fingerprint density at radius 1 is 0.720 bits per heavy atom. The molecule has 0 fully saturated rings. The molecule has 1 unspecified atom stereocenters. The molecule has 7 rings (SSSR count). The van der Waals surface area contributed by atoms with E-state index < -0.39 is 21.3 Å². The van der Waals surface area contributed by atoms with E-state index in [9.17, 15) is 0 Å². The van der Waals surface area contributed by atoms with Crippen LogP contribution < -0.4 is 24.8 Å². The molecular formula is C47H56Cl2Zr. The summed E-state index contributed by atoms with van der Waals surface area (Å²) in [5.74, 6) is 0.533. The number of benzene rings is 3. The predicted octanol–water partition coefficient (Wildman–Crippen LogP) is 7.08. The van der Waals surface area contributed by atoms with Gasteiger partial charge < -0.3 is 24.8 Å². The first kappa shape index (κ1) is 39.2. The van der Waals surface area contributed by atoms with Crippen LogP contribution in [0, 0.1) is 11.3 Å². The monoisotopic (exact) mass is 780 g/mol. The van der Waals surface area contributed by atoms with E-state index in [0.29, 0.717) is 9.54 Å². The first-order valence-corrected chi connectivity index (χ1v) is 22.5. The van der Waals surface area contributed by atoms with Crippen LogP contribution in [-0.4, -0.2) is 3.21 Å². The fourth-order valence-electron chi connectivity index (χ4n) is 9.97. The van der Waals surface area contributed by atoms with Crippen LogP contribution in [-0.2, 0) is 32.1 Å². The van der Waals surface area contributed by atoms with Gasteiger partial charge in [0.25, 0.3) is 0 Å². The van der Waals surface area contributed by atoms with Crippen LogP contribution >= 0.6 is 0 Å². The molecule has 0 aromatic heterocycles. The van der Waals surface area contributed by atoms with Crippen molar-refractivity contribution < 1.29 is 46.1 Å². The molecule has 0 heterocycles. The molecule has 3 heteroatoms. The summed E-state index contributed by atoms with van der Waals surface area (Å²) in [5, 5.41) is 0. The van der Waals surface area contributed by atoms with Crippen LogP contribution in [0.25, 0.3) is 22.3 Å². The van der Waals surface area contributed by atoms with Gasteiger partial charge in [0.1, 0.15) is 0 Å². The third-order valence-corrected chi connectivity index (χ3v) is 21.3. The molecule has 4 aliphatic rings. The van der Waals surface area contributed by atoms with E-state index in [1.807, 2.05) is 3.28 Å². The van der Waals surface area contributed by atoms with Gasteiger partial charge in [-0.3, -0.25) is 0 Å². The molecule has 0 nitrogen and oxygen atoms in total. The Morgan fingerprint density at radius 3 is 1.64 bits per heavy atom. The molecule has 0 spiro atoms. The van der Waals surface area contributed by atoms with Crippen LogP contribution in [0.1, 0.15) is 145 Å². The van der Waals surface area contributed by atoms with Crippen molar-refractivity contribution in [1.29, 1.82) is 0 Å². The summed E-state index contributed by atoms with van der Waals surface area (Å²) in [4.78, 5) is 0. The summed E-state index contributed by atoms with van der Waals surface area (Å²) in [5.41, 5.74) is 20.2. The van der Waals surface area contributed by atoms with Gasteiger partial charge in [0, 0.05) is 0 Å². The normalized spacial score (nSPS) is 19.8. The van der Waals surface area contributed by atoms with Gasteiger partial charge in [-0.05, 0) is 0 Å². The molecule has 4 aliphatic carbocycles. The van der Waals surface area contributed by atoms with Gasteiger partial charge in [-0.15, -0.1) is 0 Å². The molecule has 0 N–H and O–H groups in total. The summed E-state index contributed by atoms with van der Waals surface area (Å²) in [7, 11) is 0. The van der Waals surface area contributed by atoms with Crippen LogP contribution in [0.5, 0.6) is 0 Å². The Hall–Kier alpha value is -2.05. The van der Waals surface area contributed by atoms with E-state index in [4.69, 9.17) is 0 Å². The zero-order valence-corrected chi connectivity index (χ0v) is 36.4. The van der Waals surface area contributed by atoms with Crippen molar-refractivity contribution in [3.8, 4) is 11.1 Å². The van der Waals surface area contributed by atoms with Crippen LogP contribution in [0.4, 0.5) is 0 Å². The van der Waals surface area contributed by atoms with E-state index in [2.05, 4.69) is 156 Å². The number of fused-ring (bicyclic) bond motifs is 5. The van der Waals surface area contributed by atoms with Gasteiger partial charge in [-0.1, -0.05) is 0 Å². The Labute approximate surface area is 323 Å². The van der Waals surface area contributed by atoms with Crippen molar-refractivity contribution in [3.05, 3.63) is 126 Å². The Morgan fingerprint density at radius 2 is 1.22 bits per heavy atom. The Bertz CT molecular complexity index is 1940. The van der Waals surface area contributed by atoms with Crippen LogP contribution in [0.3, 0.4) is 0 Å². The van der Waals surface area contributed by atoms with Gasteiger partial charge >= 0.3 is 301 Å². The molecule has 0 bridgehead atoms. The largest absolute Gasteiger partial charge is 1.00 e. The Balaban J connectivity index is 0.00000243. The molecule has 0 aliphatic heterocycles. The molecule has 0 amide bonds. The maximum absolute atomic E-state index is 2.77. The maximum atomic E-state index is 2.72. The average Bonchev–Trinajstić information content (AvgIpc) is 3.70. The molecule has 3 aromatic rings. The second-order valence-electron chi connectivity index (χ2n) is 17.2. The third-order valence-electron chi connectivity index (χ3n) is 12.1. The van der Waals surface area contributed by atoms with Gasteiger partial charge in [0.2, 0.25) is 0 Å². The van der Waals surface area contributed by atoms with E-state index in [0.717, 1.165) is 12.8 Å². The smallest absolute Gasteiger partial charge is 1.00 e. The molecule has 0 saturated heterocycles. The average molecular weight is 783 g/mol. The minimum absolute atomic E-state index is 0. The SMILES string of the molecule is CCC1=[C](/[Zr+2](=[C](/CC)c2ccccc2)[CH]2c3cc4c(cc3-c3cc5c(cc32)C(C)(C)C=C5C)C(C)=CC4(C)C)C(CC)C=C1C(C)(C)C.[Cl-].[Cl-]. The van der Waals surface area contributed by atoms with Crippen molar-refractivity contribution in [2.45, 2.75) is 117 Å². The summed E-state index contributed by atoms with van der Waals surface area (Å²) >= 11 is -2.77. The number of halogens is 2. The second-order valence-corrected chi connectivity index (χ2v) is 23.5. The number of hydrogen-bond donors (Lipinski definition) is 0. The molecule has 1 atom stereocenters. The molecule has 0 radical (unpaired) electrons. The van der Waals surface area contributed by atoms with Crippen molar-refractivity contribution in [1.82, 2.24) is 0 Å². The van der Waals surface area contributed by atoms with Crippen molar-refractivity contribution in [2.75, 3.05) is 0 Å². The van der Waals surface area contributed by atoms with Gasteiger partial charge in [-0.2, -0.15) is 0 Å². The third kappa shape index (κ3) is 6.04. The summed E-state index contributed by atoms with van der Waals surface area (Å²) in [6, 6.07) is 22.2. The summed E-state index contributed by atoms with van der Waals surface area (Å²) < 4.78 is 4.13. The molecule has 262 valence electrons. The summed E-state index contributed by atoms with van der Waals surface area (Å²) in [6.45, 7) is 29.0. The molecule has 50 heavy (non-hydrogen) atoms. The zero-order chi connectivity index (χ0) is 34.5. The van der Waals surface area contributed by atoms with E-state index >= 15 is 0 Å². The first-order chi connectivity index (χ1) is 22.6. The quantitative estimate of drug-likeness (QED) is 0.251. The van der Waals surface area contributed by atoms with E-state index in [1.54, 1.807) is 25.5 Å². The van der Waals surface area contributed by atoms with E-state index in [-0.39, 0.29) is 41.1 Å². The molecular weight excluding hydrogens is 727 g/mol. The number of allylic oxidation sites excluding steroid dienone is 8. The van der Waals surface area contributed by atoms with Gasteiger partial charge in [0.05, 0.1) is 0 Å². The zero-order valence-electron chi connectivity index (χ0n) is 32.5. The van der Waals surface area contributed by atoms with Crippen molar-refractivity contribution >= 4 is 14.4 Å². The van der Waals surface area contributed by atoms with Crippen LogP contribution in [0.2, 0.25) is 0 Å². The van der Waals surface area contributed by atoms with E-state index in [1.165, 1.54) is 56.5 Å². The standard InChI is InChI=1S/C25H25.C13H21.C9H10.2ClH.Zr/c1-14-12-24(3,4)22-8-16-7-17-9-23-19(15(2)13-25(23,5)6)11-21(17)20(16)10-18(14)22;1-6-10-8-11(7-2)12(9-10)13(3,4)5;1-2-6-9-7-4-3-5-8-9;;;/h7-13H,1-6H3;9-10H,6-7H2,1-5H3;3-5,7-8H,2H2,1H3;2*1H;/q;;;;;+2/p-2. The predicted molar refractivity (Wildman–Crippen MR) is 207 cm³/mol. The number of rotatable bonds is 6. The van der Waals surface area contributed by atoms with Crippen molar-refractivity contribution in [3.63, 3.8) is 0 Å². The van der Waals surface area contributed by atoms with Crippen molar-refractivity contribution in [2.24, 2.45) is 11.3 Å². The number of hydrogen-bond acceptors (Lipinski definition) is 0. The topological polar surface area (TPSA) is 0 Å². The minimum Gasteiger partial charge on any atom is -1.00 e. The minimum atomic E-state index is -2.77. The fraction of sp³-hybridized carbons (Fsp3) is 0.426. The molecule has 0 saturated carbocycles. The van der Waals surface area contributed by atoms with Gasteiger partial charge in [0.15, 0.2) is 0 Å². The first-order valence-electron chi connectivity index (χ1n) is 18.6. The van der Waals surface area contributed by atoms with Gasteiger partial charge in [-0.25, -0.2) is 0 Å². The molecule has 3 aromatic carbocycles. The van der Waals surface area contributed by atoms with Crippen LogP contribution in [0.15, 0.2) is 87.3 Å². The second kappa shape index (κ2) is 13.7.